The van der Waals surface area contributed by atoms with E-state index in [2.05, 4.69) is 0 Å². The molecule has 0 saturated heterocycles. The maximum absolute atomic E-state index is 12.0. The van der Waals surface area contributed by atoms with Crippen molar-refractivity contribution in [2.75, 3.05) is 6.61 Å². The number of hydrogen-bond donors (Lipinski definition) is 1. The van der Waals surface area contributed by atoms with Crippen LogP contribution in [0.15, 0.2) is 30.3 Å². The molecule has 0 spiro atoms. The number of benzene rings is 1. The van der Waals surface area contributed by atoms with Gasteiger partial charge in [0.25, 0.3) is 0 Å². The first kappa shape index (κ1) is 12.1. The normalized spacial score (nSPS) is 17.9. The fraction of sp³-hybridized carbons (Fsp3) is 0.500. The molecule has 0 aliphatic heterocycles. The highest BCUT2D eigenvalue weighted by molar-refractivity contribution is 5.77. The first-order valence-electron chi connectivity index (χ1n) is 6.09. The van der Waals surface area contributed by atoms with Gasteiger partial charge in [-0.1, -0.05) is 43.2 Å². The molecule has 17 heavy (non-hydrogen) atoms. The van der Waals surface area contributed by atoms with Gasteiger partial charge in [0, 0.05) is 0 Å². The van der Waals surface area contributed by atoms with Crippen molar-refractivity contribution >= 4 is 5.97 Å². The Balaban J connectivity index is 1.93. The molecule has 2 rings (SSSR count). The third-order valence-corrected chi connectivity index (χ3v) is 3.51. The summed E-state index contributed by atoms with van der Waals surface area (Å²) in [5, 5.41) is 9.38. The first-order chi connectivity index (χ1) is 8.27. The van der Waals surface area contributed by atoms with Gasteiger partial charge in [-0.25, -0.2) is 0 Å². The lowest BCUT2D eigenvalue weighted by Gasteiger charge is -2.23. The molecule has 3 heteroatoms. The Kier molecular flexibility index (Phi) is 3.79. The molecule has 0 radical (unpaired) electrons. The van der Waals surface area contributed by atoms with E-state index in [-0.39, 0.29) is 12.6 Å². The molecule has 1 N–H and O–H groups in total. The molecule has 0 heterocycles. The molecular weight excluding hydrogens is 216 g/mol. The summed E-state index contributed by atoms with van der Waals surface area (Å²) < 4.78 is 5.31. The molecule has 0 bridgehead atoms. The van der Waals surface area contributed by atoms with E-state index in [0.29, 0.717) is 6.61 Å². The van der Waals surface area contributed by atoms with E-state index in [0.717, 1.165) is 31.2 Å². The molecule has 92 valence electrons. The van der Waals surface area contributed by atoms with E-state index in [4.69, 9.17) is 4.74 Å². The van der Waals surface area contributed by atoms with Crippen molar-refractivity contribution in [3.8, 4) is 0 Å². The van der Waals surface area contributed by atoms with E-state index < -0.39 is 5.41 Å². The number of esters is 1. The lowest BCUT2D eigenvalue weighted by Crippen LogP contribution is -2.33. The summed E-state index contributed by atoms with van der Waals surface area (Å²) in [6.45, 7) is 0.196. The zero-order valence-electron chi connectivity index (χ0n) is 9.89. The molecule has 1 saturated carbocycles. The highest BCUT2D eigenvalue weighted by atomic mass is 16.5. The minimum Gasteiger partial charge on any atom is -0.460 e. The summed E-state index contributed by atoms with van der Waals surface area (Å²) in [5.41, 5.74) is 0.348. The van der Waals surface area contributed by atoms with Gasteiger partial charge in [0.1, 0.15) is 6.61 Å². The van der Waals surface area contributed by atoms with Crippen LogP contribution in [0.1, 0.15) is 31.2 Å². The van der Waals surface area contributed by atoms with Gasteiger partial charge in [-0.15, -0.1) is 0 Å². The first-order valence-corrected chi connectivity index (χ1v) is 6.09. The van der Waals surface area contributed by atoms with Gasteiger partial charge in [0.2, 0.25) is 0 Å². The summed E-state index contributed by atoms with van der Waals surface area (Å²) in [6, 6.07) is 9.61. The Morgan fingerprint density at radius 2 is 1.88 bits per heavy atom. The van der Waals surface area contributed by atoms with Crippen molar-refractivity contribution in [3.63, 3.8) is 0 Å². The SMILES string of the molecule is O=C(OCc1ccccc1)C1(CO)CCCC1. The van der Waals surface area contributed by atoms with Crippen LogP contribution in [-0.2, 0) is 16.1 Å². The lowest BCUT2D eigenvalue weighted by atomic mass is 9.87. The minimum absolute atomic E-state index is 0.0966. The quantitative estimate of drug-likeness (QED) is 0.813. The Morgan fingerprint density at radius 3 is 2.47 bits per heavy atom. The van der Waals surface area contributed by atoms with Gasteiger partial charge in [0.05, 0.1) is 12.0 Å². The standard InChI is InChI=1S/C14H18O3/c15-11-14(8-4-5-9-14)13(16)17-10-12-6-2-1-3-7-12/h1-3,6-7,15H,4-5,8-11H2. The van der Waals surface area contributed by atoms with Crippen LogP contribution in [0, 0.1) is 5.41 Å². The van der Waals surface area contributed by atoms with Gasteiger partial charge >= 0.3 is 5.97 Å². The van der Waals surface area contributed by atoms with Crippen LogP contribution in [0.2, 0.25) is 0 Å². The molecule has 1 aliphatic carbocycles. The third kappa shape index (κ3) is 2.67. The Labute approximate surface area is 101 Å². The topological polar surface area (TPSA) is 46.5 Å². The zero-order chi connectivity index (χ0) is 12.1. The van der Waals surface area contributed by atoms with Crippen LogP contribution >= 0.6 is 0 Å². The fourth-order valence-corrected chi connectivity index (χ4v) is 2.35. The molecule has 0 amide bonds. The molecule has 1 aromatic rings. The van der Waals surface area contributed by atoms with Crippen LogP contribution in [-0.4, -0.2) is 17.7 Å². The monoisotopic (exact) mass is 234 g/mol. The Bertz CT molecular complexity index is 366. The van der Waals surface area contributed by atoms with Crippen molar-refractivity contribution in [3.05, 3.63) is 35.9 Å². The average Bonchev–Trinajstić information content (AvgIpc) is 2.87. The van der Waals surface area contributed by atoms with Gasteiger partial charge in [-0.3, -0.25) is 4.79 Å². The van der Waals surface area contributed by atoms with Crippen LogP contribution in [0.3, 0.4) is 0 Å². The summed E-state index contributed by atoms with van der Waals surface area (Å²) in [5.74, 6) is -0.249. The number of rotatable bonds is 4. The van der Waals surface area contributed by atoms with Crippen molar-refractivity contribution in [2.24, 2.45) is 5.41 Å². The predicted molar refractivity (Wildman–Crippen MR) is 64.2 cm³/mol. The predicted octanol–water partition coefficient (Wildman–Crippen LogP) is 2.28. The van der Waals surface area contributed by atoms with E-state index >= 15 is 0 Å². The molecule has 0 unspecified atom stereocenters. The second-order valence-electron chi connectivity index (χ2n) is 4.71. The second-order valence-corrected chi connectivity index (χ2v) is 4.71. The molecule has 1 aliphatic rings. The van der Waals surface area contributed by atoms with Crippen LogP contribution in [0.5, 0.6) is 0 Å². The van der Waals surface area contributed by atoms with Crippen LogP contribution in [0.25, 0.3) is 0 Å². The molecule has 0 atom stereocenters. The van der Waals surface area contributed by atoms with Crippen molar-refractivity contribution in [2.45, 2.75) is 32.3 Å². The largest absolute Gasteiger partial charge is 0.460 e. The van der Waals surface area contributed by atoms with Gasteiger partial charge < -0.3 is 9.84 Å². The van der Waals surface area contributed by atoms with E-state index in [1.54, 1.807) is 0 Å². The number of carbonyl (C=O) groups is 1. The van der Waals surface area contributed by atoms with Crippen LogP contribution in [0.4, 0.5) is 0 Å². The minimum atomic E-state index is -0.630. The van der Waals surface area contributed by atoms with Gasteiger partial charge in [0.15, 0.2) is 0 Å². The van der Waals surface area contributed by atoms with Crippen LogP contribution < -0.4 is 0 Å². The Hall–Kier alpha value is -1.35. The molecule has 1 fully saturated rings. The van der Waals surface area contributed by atoms with Crippen molar-refractivity contribution in [1.29, 1.82) is 0 Å². The molecule has 0 aromatic heterocycles. The number of aliphatic hydroxyl groups excluding tert-OH is 1. The van der Waals surface area contributed by atoms with Crippen molar-refractivity contribution in [1.82, 2.24) is 0 Å². The van der Waals surface area contributed by atoms with Gasteiger partial charge in [-0.05, 0) is 18.4 Å². The lowest BCUT2D eigenvalue weighted by molar-refractivity contribution is -0.159. The fourth-order valence-electron chi connectivity index (χ4n) is 2.35. The second kappa shape index (κ2) is 5.32. The average molecular weight is 234 g/mol. The molecule has 3 nitrogen and oxygen atoms in total. The summed E-state index contributed by atoms with van der Waals surface area (Å²) in [6.07, 6.45) is 3.50. The maximum Gasteiger partial charge on any atom is 0.314 e. The number of carbonyl (C=O) groups excluding carboxylic acids is 1. The number of ether oxygens (including phenoxy) is 1. The summed E-state index contributed by atoms with van der Waals surface area (Å²) in [7, 11) is 0. The highest BCUT2D eigenvalue weighted by Gasteiger charge is 2.42. The smallest absolute Gasteiger partial charge is 0.314 e. The van der Waals surface area contributed by atoms with Gasteiger partial charge in [-0.2, -0.15) is 0 Å². The number of hydrogen-bond acceptors (Lipinski definition) is 3. The highest BCUT2D eigenvalue weighted by Crippen LogP contribution is 2.38. The van der Waals surface area contributed by atoms with E-state index in [9.17, 15) is 9.90 Å². The molecule has 1 aromatic carbocycles. The Morgan fingerprint density at radius 1 is 1.24 bits per heavy atom. The van der Waals surface area contributed by atoms with Crippen molar-refractivity contribution < 1.29 is 14.6 Å². The summed E-state index contributed by atoms with van der Waals surface area (Å²) >= 11 is 0. The van der Waals surface area contributed by atoms with E-state index in [1.165, 1.54) is 0 Å². The third-order valence-electron chi connectivity index (χ3n) is 3.51. The van der Waals surface area contributed by atoms with E-state index in [1.807, 2.05) is 30.3 Å². The summed E-state index contributed by atoms with van der Waals surface area (Å²) in [4.78, 5) is 12.0. The maximum atomic E-state index is 12.0. The molecular formula is C14H18O3. The zero-order valence-corrected chi connectivity index (χ0v) is 9.89. The number of aliphatic hydroxyl groups is 1.